The molecule has 0 spiro atoms. The summed E-state index contributed by atoms with van der Waals surface area (Å²) in [4.78, 5) is 12.8. The highest BCUT2D eigenvalue weighted by molar-refractivity contribution is 6.01. The molecule has 0 aliphatic carbocycles. The number of nitrogens with zero attached hydrogens (tertiary/aromatic N) is 2. The van der Waals surface area contributed by atoms with Crippen LogP contribution in [0.3, 0.4) is 0 Å². The summed E-state index contributed by atoms with van der Waals surface area (Å²) in [6.07, 6.45) is 0. The Labute approximate surface area is 147 Å². The van der Waals surface area contributed by atoms with E-state index < -0.39 is 6.04 Å². The Bertz CT molecular complexity index is 886. The van der Waals surface area contributed by atoms with Crippen molar-refractivity contribution in [3.8, 4) is 11.1 Å². The van der Waals surface area contributed by atoms with Gasteiger partial charge in [0.05, 0.1) is 6.54 Å². The molecule has 3 aromatic rings. The predicted molar refractivity (Wildman–Crippen MR) is 98.9 cm³/mol. The van der Waals surface area contributed by atoms with Gasteiger partial charge in [0.2, 0.25) is 0 Å². The maximum Gasteiger partial charge on any atom is 0.189 e. The molecule has 122 valence electrons. The summed E-state index contributed by atoms with van der Waals surface area (Å²) in [5, 5.41) is 8.38. The molecule has 3 nitrogen and oxygen atoms in total. The van der Waals surface area contributed by atoms with Crippen LogP contribution in [0.25, 0.3) is 11.1 Å². The zero-order chi connectivity index (χ0) is 17.1. The van der Waals surface area contributed by atoms with Gasteiger partial charge < -0.3 is 0 Å². The first kappa shape index (κ1) is 15.5. The molecule has 0 saturated carbocycles. The van der Waals surface area contributed by atoms with Crippen molar-refractivity contribution in [3.05, 3.63) is 96.1 Å². The second-order valence-electron chi connectivity index (χ2n) is 6.21. The van der Waals surface area contributed by atoms with Gasteiger partial charge in [-0.15, -0.1) is 0 Å². The number of carbonyl (C=O) groups is 1. The highest BCUT2D eigenvalue weighted by Gasteiger charge is 2.33. The minimum Gasteiger partial charge on any atom is -0.292 e. The third-order valence-corrected chi connectivity index (χ3v) is 4.64. The number of carbonyl (C=O) groups excluding carboxylic acids is 1. The van der Waals surface area contributed by atoms with Crippen LogP contribution in [0.5, 0.6) is 0 Å². The van der Waals surface area contributed by atoms with Crippen molar-refractivity contribution in [2.45, 2.75) is 12.0 Å². The highest BCUT2D eigenvalue weighted by Crippen LogP contribution is 2.31. The van der Waals surface area contributed by atoms with Gasteiger partial charge in [-0.1, -0.05) is 84.9 Å². The maximum atomic E-state index is 12.8. The largest absolute Gasteiger partial charge is 0.292 e. The Morgan fingerprint density at radius 2 is 1.36 bits per heavy atom. The number of Topliss-reactive ketones (excluding diaryl/α,β-unsaturated/α-hetero) is 1. The molecule has 1 aliphatic rings. The van der Waals surface area contributed by atoms with E-state index in [1.165, 1.54) is 11.1 Å². The van der Waals surface area contributed by atoms with Crippen molar-refractivity contribution in [1.29, 1.82) is 0 Å². The molecule has 0 radical (unpaired) electrons. The number of ketones is 1. The van der Waals surface area contributed by atoms with Crippen molar-refractivity contribution in [3.63, 3.8) is 0 Å². The molecule has 0 fully saturated rings. The first-order chi connectivity index (χ1) is 12.3. The van der Waals surface area contributed by atoms with Crippen molar-refractivity contribution in [1.82, 2.24) is 0 Å². The number of azo groups is 1. The monoisotopic (exact) mass is 326 g/mol. The van der Waals surface area contributed by atoms with E-state index in [0.29, 0.717) is 12.1 Å². The van der Waals surface area contributed by atoms with Crippen LogP contribution in [0.4, 0.5) is 0 Å². The van der Waals surface area contributed by atoms with E-state index in [-0.39, 0.29) is 11.7 Å². The molecular weight excluding hydrogens is 308 g/mol. The number of rotatable bonds is 4. The zero-order valence-corrected chi connectivity index (χ0v) is 13.7. The molecule has 1 aliphatic heterocycles. The van der Waals surface area contributed by atoms with Gasteiger partial charge in [-0.25, -0.2) is 0 Å². The van der Waals surface area contributed by atoms with Crippen LogP contribution in [0.1, 0.15) is 21.8 Å². The Balaban J connectivity index is 1.58. The molecule has 0 saturated heterocycles. The average Bonchev–Trinajstić information content (AvgIpc) is 3.19. The van der Waals surface area contributed by atoms with Crippen LogP contribution in [-0.2, 0) is 0 Å². The van der Waals surface area contributed by atoms with Crippen molar-refractivity contribution in [2.75, 3.05) is 6.54 Å². The maximum absolute atomic E-state index is 12.8. The molecular formula is C22H18N2O. The molecule has 25 heavy (non-hydrogen) atoms. The molecule has 3 aromatic carbocycles. The second-order valence-corrected chi connectivity index (χ2v) is 6.21. The van der Waals surface area contributed by atoms with Crippen LogP contribution in [0, 0.1) is 0 Å². The van der Waals surface area contributed by atoms with Crippen LogP contribution < -0.4 is 0 Å². The molecule has 0 unspecified atom stereocenters. The highest BCUT2D eigenvalue weighted by atomic mass is 16.1. The second kappa shape index (κ2) is 6.81. The lowest BCUT2D eigenvalue weighted by molar-refractivity contribution is 0.0956. The summed E-state index contributed by atoms with van der Waals surface area (Å²) >= 11 is 0. The van der Waals surface area contributed by atoms with E-state index in [0.717, 1.165) is 5.56 Å². The molecule has 1 heterocycles. The van der Waals surface area contributed by atoms with Crippen LogP contribution in [-0.4, -0.2) is 18.4 Å². The summed E-state index contributed by atoms with van der Waals surface area (Å²) in [5.41, 5.74) is 4.16. The van der Waals surface area contributed by atoms with Crippen LogP contribution >= 0.6 is 0 Å². The fourth-order valence-corrected chi connectivity index (χ4v) is 3.25. The van der Waals surface area contributed by atoms with Gasteiger partial charge in [-0.2, -0.15) is 10.2 Å². The topological polar surface area (TPSA) is 41.8 Å². The molecule has 4 rings (SSSR count). The van der Waals surface area contributed by atoms with E-state index in [4.69, 9.17) is 0 Å². The molecule has 3 heteroatoms. The van der Waals surface area contributed by atoms with E-state index >= 15 is 0 Å². The van der Waals surface area contributed by atoms with Gasteiger partial charge in [-0.3, -0.25) is 4.79 Å². The van der Waals surface area contributed by atoms with Crippen molar-refractivity contribution >= 4 is 5.78 Å². The van der Waals surface area contributed by atoms with Crippen LogP contribution in [0.2, 0.25) is 0 Å². The smallest absolute Gasteiger partial charge is 0.189 e. The fraction of sp³-hybridized carbons (Fsp3) is 0.136. The number of benzene rings is 3. The number of hydrogen-bond acceptors (Lipinski definition) is 3. The fourth-order valence-electron chi connectivity index (χ4n) is 3.25. The van der Waals surface area contributed by atoms with E-state index in [9.17, 15) is 4.79 Å². The SMILES string of the molecule is O=C(c1ccccc1)[C@@H]1N=NC[C@H]1c1ccc(-c2ccccc2)cc1. The standard InChI is InChI=1S/C22H18N2O/c25-22(19-9-5-2-6-10-19)21-20(15-23-24-21)18-13-11-17(12-14-18)16-7-3-1-4-8-16/h1-14,20-21H,15H2/t20-,21+/m0/s1. The van der Waals surface area contributed by atoms with E-state index in [1.54, 1.807) is 0 Å². The Kier molecular flexibility index (Phi) is 4.21. The van der Waals surface area contributed by atoms with Crippen molar-refractivity contribution in [2.24, 2.45) is 10.2 Å². The lowest BCUT2D eigenvalue weighted by Crippen LogP contribution is -2.24. The summed E-state index contributed by atoms with van der Waals surface area (Å²) in [6, 6.07) is 27.6. The third kappa shape index (κ3) is 3.13. The Morgan fingerprint density at radius 3 is 2.04 bits per heavy atom. The van der Waals surface area contributed by atoms with E-state index in [1.807, 2.05) is 48.5 Å². The minimum atomic E-state index is -0.426. The quantitative estimate of drug-likeness (QED) is 0.611. The van der Waals surface area contributed by atoms with E-state index in [2.05, 4.69) is 46.6 Å². The average molecular weight is 326 g/mol. The summed E-state index contributed by atoms with van der Waals surface area (Å²) in [6.45, 7) is 0.563. The minimum absolute atomic E-state index is 0.0116. The van der Waals surface area contributed by atoms with Gasteiger partial charge in [0, 0.05) is 11.5 Å². The first-order valence-electron chi connectivity index (χ1n) is 8.44. The molecule has 0 aromatic heterocycles. The normalized spacial score (nSPS) is 19.0. The Hall–Kier alpha value is -3.07. The first-order valence-corrected chi connectivity index (χ1v) is 8.44. The van der Waals surface area contributed by atoms with Crippen molar-refractivity contribution < 1.29 is 4.79 Å². The van der Waals surface area contributed by atoms with Crippen LogP contribution in [0.15, 0.2) is 95.2 Å². The van der Waals surface area contributed by atoms with Gasteiger partial charge in [0.15, 0.2) is 5.78 Å². The lowest BCUT2D eigenvalue weighted by Gasteiger charge is -2.16. The molecule has 0 bridgehead atoms. The third-order valence-electron chi connectivity index (χ3n) is 4.64. The molecule has 0 amide bonds. The summed E-state index contributed by atoms with van der Waals surface area (Å²) < 4.78 is 0. The lowest BCUT2D eigenvalue weighted by atomic mass is 9.87. The molecule has 0 N–H and O–H groups in total. The summed E-state index contributed by atoms with van der Waals surface area (Å²) in [5.74, 6) is 0.0523. The Morgan fingerprint density at radius 1 is 0.760 bits per heavy atom. The van der Waals surface area contributed by atoms with Gasteiger partial charge >= 0.3 is 0 Å². The number of hydrogen-bond donors (Lipinski definition) is 0. The van der Waals surface area contributed by atoms with Gasteiger partial charge in [0.25, 0.3) is 0 Å². The zero-order valence-electron chi connectivity index (χ0n) is 13.7. The van der Waals surface area contributed by atoms with Gasteiger partial charge in [-0.05, 0) is 16.7 Å². The molecule has 2 atom stereocenters. The van der Waals surface area contributed by atoms with Gasteiger partial charge in [0.1, 0.15) is 6.04 Å². The summed E-state index contributed by atoms with van der Waals surface area (Å²) in [7, 11) is 0. The predicted octanol–water partition coefficient (Wildman–Crippen LogP) is 5.15.